The Morgan fingerprint density at radius 1 is 1.14 bits per heavy atom. The van der Waals surface area contributed by atoms with E-state index < -0.39 is 0 Å². The lowest BCUT2D eigenvalue weighted by atomic mass is 9.99. The number of thiophene rings is 1. The van der Waals surface area contributed by atoms with Crippen molar-refractivity contribution in [2.75, 3.05) is 55.7 Å². The Morgan fingerprint density at radius 3 is 2.69 bits per heavy atom. The maximum Gasteiger partial charge on any atom is 0.318 e. The van der Waals surface area contributed by atoms with Crippen LogP contribution in [0.3, 0.4) is 0 Å². The number of morpholine rings is 1. The SMILES string of the molecule is CC(NC(=O)N1CCN(c2ncnc3cc(N4CCOCC4)sc23)CC1(C)C)c1cccc(Cl)c1. The molecule has 0 radical (unpaired) electrons. The highest BCUT2D eigenvalue weighted by molar-refractivity contribution is 7.23. The molecule has 2 fully saturated rings. The normalized spacial score (nSPS) is 19.1. The summed E-state index contributed by atoms with van der Waals surface area (Å²) in [6.07, 6.45) is 1.65. The smallest absolute Gasteiger partial charge is 0.318 e. The van der Waals surface area contributed by atoms with Gasteiger partial charge in [0.2, 0.25) is 0 Å². The molecule has 10 heteroatoms. The maximum absolute atomic E-state index is 13.2. The van der Waals surface area contributed by atoms with E-state index in [4.69, 9.17) is 16.3 Å². The highest BCUT2D eigenvalue weighted by Crippen LogP contribution is 2.38. The maximum atomic E-state index is 13.2. The van der Waals surface area contributed by atoms with Crippen LogP contribution in [0.1, 0.15) is 32.4 Å². The molecular weight excluding hydrogens is 484 g/mol. The minimum absolute atomic E-state index is 0.0688. The van der Waals surface area contributed by atoms with E-state index >= 15 is 0 Å². The van der Waals surface area contributed by atoms with Crippen molar-refractivity contribution in [1.29, 1.82) is 0 Å². The minimum atomic E-state index is -0.377. The van der Waals surface area contributed by atoms with Crippen molar-refractivity contribution in [1.82, 2.24) is 20.2 Å². The zero-order valence-corrected chi connectivity index (χ0v) is 21.9. The van der Waals surface area contributed by atoms with Gasteiger partial charge in [-0.15, -0.1) is 11.3 Å². The third kappa shape index (κ3) is 5.03. The van der Waals surface area contributed by atoms with Crippen LogP contribution in [0.25, 0.3) is 10.2 Å². The van der Waals surface area contributed by atoms with Crippen LogP contribution in [0.2, 0.25) is 5.02 Å². The Kier molecular flexibility index (Phi) is 6.74. The third-order valence-electron chi connectivity index (χ3n) is 6.74. The summed E-state index contributed by atoms with van der Waals surface area (Å²) in [4.78, 5) is 29.0. The van der Waals surface area contributed by atoms with Crippen molar-refractivity contribution in [2.24, 2.45) is 0 Å². The molecule has 0 saturated carbocycles. The van der Waals surface area contributed by atoms with Gasteiger partial charge in [0.15, 0.2) is 0 Å². The summed E-state index contributed by atoms with van der Waals surface area (Å²) in [5.74, 6) is 0.944. The number of carbonyl (C=O) groups excluding carboxylic acids is 1. The molecule has 35 heavy (non-hydrogen) atoms. The van der Waals surface area contributed by atoms with E-state index in [-0.39, 0.29) is 17.6 Å². The fraction of sp³-hybridized carbons (Fsp3) is 0.480. The molecule has 0 bridgehead atoms. The number of halogens is 1. The molecule has 1 N–H and O–H groups in total. The van der Waals surface area contributed by atoms with E-state index in [0.717, 1.165) is 47.9 Å². The molecule has 1 aromatic carbocycles. The number of nitrogens with one attached hydrogen (secondary N) is 1. The van der Waals surface area contributed by atoms with E-state index in [1.165, 1.54) is 5.00 Å². The van der Waals surface area contributed by atoms with Crippen molar-refractivity contribution in [2.45, 2.75) is 32.4 Å². The number of rotatable bonds is 4. The van der Waals surface area contributed by atoms with Crippen LogP contribution in [0.15, 0.2) is 36.7 Å². The van der Waals surface area contributed by atoms with E-state index in [9.17, 15) is 4.79 Å². The first-order chi connectivity index (χ1) is 16.8. The van der Waals surface area contributed by atoms with E-state index in [1.54, 1.807) is 17.7 Å². The lowest BCUT2D eigenvalue weighted by Crippen LogP contribution is -2.63. The summed E-state index contributed by atoms with van der Waals surface area (Å²) in [7, 11) is 0. The van der Waals surface area contributed by atoms with Gasteiger partial charge in [0.25, 0.3) is 0 Å². The molecule has 4 heterocycles. The number of carbonyl (C=O) groups is 1. The second-order valence-electron chi connectivity index (χ2n) is 9.71. The number of fused-ring (bicyclic) bond motifs is 1. The summed E-state index contributed by atoms with van der Waals surface area (Å²) in [5, 5.41) is 5.01. The molecular formula is C25H31ClN6O2S. The van der Waals surface area contributed by atoms with Gasteiger partial charge in [0.05, 0.1) is 40.0 Å². The number of ether oxygens (including phenoxy) is 1. The third-order valence-corrected chi connectivity index (χ3v) is 8.15. The van der Waals surface area contributed by atoms with Crippen LogP contribution in [-0.2, 0) is 4.74 Å². The number of benzene rings is 1. The first kappa shape index (κ1) is 24.1. The molecule has 0 aliphatic carbocycles. The fourth-order valence-corrected chi connectivity index (χ4v) is 6.21. The second-order valence-corrected chi connectivity index (χ2v) is 11.2. The second kappa shape index (κ2) is 9.79. The average molecular weight is 515 g/mol. The molecule has 2 aliphatic heterocycles. The molecule has 0 spiro atoms. The lowest BCUT2D eigenvalue weighted by molar-refractivity contribution is 0.121. The zero-order valence-electron chi connectivity index (χ0n) is 20.3. The summed E-state index contributed by atoms with van der Waals surface area (Å²) in [6.45, 7) is 11.5. The zero-order chi connectivity index (χ0) is 24.6. The van der Waals surface area contributed by atoms with Crippen LogP contribution in [0, 0.1) is 0 Å². The van der Waals surface area contributed by atoms with Crippen molar-refractivity contribution < 1.29 is 9.53 Å². The van der Waals surface area contributed by atoms with Crippen LogP contribution >= 0.6 is 22.9 Å². The summed E-state index contributed by atoms with van der Waals surface area (Å²) in [6, 6.07) is 9.56. The number of piperazine rings is 1. The van der Waals surface area contributed by atoms with Gasteiger partial charge in [-0.05, 0) is 44.5 Å². The van der Waals surface area contributed by atoms with Crippen LogP contribution in [0.4, 0.5) is 15.6 Å². The van der Waals surface area contributed by atoms with Gasteiger partial charge in [-0.3, -0.25) is 0 Å². The van der Waals surface area contributed by atoms with Gasteiger partial charge in [0, 0.05) is 37.7 Å². The van der Waals surface area contributed by atoms with Crippen molar-refractivity contribution in [3.8, 4) is 0 Å². The topological polar surface area (TPSA) is 73.8 Å². The molecule has 2 aliphatic rings. The molecule has 5 rings (SSSR count). The summed E-state index contributed by atoms with van der Waals surface area (Å²) < 4.78 is 6.60. The van der Waals surface area contributed by atoms with Crippen molar-refractivity contribution in [3.63, 3.8) is 0 Å². The summed E-state index contributed by atoms with van der Waals surface area (Å²) in [5.41, 5.74) is 1.58. The number of hydrogen-bond acceptors (Lipinski definition) is 7. The number of aromatic nitrogens is 2. The molecule has 8 nitrogen and oxygen atoms in total. The molecule has 186 valence electrons. The van der Waals surface area contributed by atoms with Crippen LogP contribution in [-0.4, -0.2) is 72.4 Å². The molecule has 2 aromatic heterocycles. The van der Waals surface area contributed by atoms with Gasteiger partial charge < -0.3 is 24.8 Å². The number of anilines is 2. The predicted octanol–water partition coefficient (Wildman–Crippen LogP) is 4.55. The average Bonchev–Trinajstić information content (AvgIpc) is 3.28. The standard InChI is InChI=1S/C25H31ClN6O2S/c1-17(18-5-4-6-19(26)13-18)29-24(33)32-8-7-31(15-25(32,2)3)23-22-20(27-16-28-23)14-21(35-22)30-9-11-34-12-10-30/h4-6,13-14,16-17H,7-12,15H2,1-3H3,(H,29,33). The van der Waals surface area contributed by atoms with Gasteiger partial charge in [0.1, 0.15) is 12.1 Å². The molecule has 2 amide bonds. The quantitative estimate of drug-likeness (QED) is 0.550. The Morgan fingerprint density at radius 2 is 1.94 bits per heavy atom. The first-order valence-corrected chi connectivity index (χ1v) is 13.2. The number of urea groups is 1. The Balaban J connectivity index is 1.31. The highest BCUT2D eigenvalue weighted by atomic mass is 35.5. The molecule has 2 saturated heterocycles. The monoisotopic (exact) mass is 514 g/mol. The van der Waals surface area contributed by atoms with Crippen molar-refractivity contribution in [3.05, 3.63) is 47.2 Å². The van der Waals surface area contributed by atoms with Gasteiger partial charge in [-0.25, -0.2) is 14.8 Å². The number of amides is 2. The predicted molar refractivity (Wildman–Crippen MR) is 142 cm³/mol. The molecule has 1 atom stereocenters. The fourth-order valence-electron chi connectivity index (χ4n) is 4.83. The van der Waals surface area contributed by atoms with Crippen LogP contribution in [0.5, 0.6) is 0 Å². The van der Waals surface area contributed by atoms with E-state index in [2.05, 4.69) is 45.0 Å². The molecule has 1 unspecified atom stereocenters. The van der Waals surface area contributed by atoms with Gasteiger partial charge in [-0.2, -0.15) is 0 Å². The Hall–Kier alpha value is -2.62. The number of nitrogens with zero attached hydrogens (tertiary/aromatic N) is 5. The highest BCUT2D eigenvalue weighted by Gasteiger charge is 2.38. The largest absolute Gasteiger partial charge is 0.378 e. The van der Waals surface area contributed by atoms with E-state index in [1.807, 2.05) is 36.1 Å². The van der Waals surface area contributed by atoms with Crippen LogP contribution < -0.4 is 15.1 Å². The lowest BCUT2D eigenvalue weighted by Gasteiger charge is -2.47. The Bertz CT molecular complexity index is 1210. The van der Waals surface area contributed by atoms with Gasteiger partial charge >= 0.3 is 6.03 Å². The molecule has 3 aromatic rings. The minimum Gasteiger partial charge on any atom is -0.378 e. The van der Waals surface area contributed by atoms with Crippen molar-refractivity contribution >= 4 is 50.0 Å². The van der Waals surface area contributed by atoms with E-state index in [0.29, 0.717) is 24.7 Å². The first-order valence-electron chi connectivity index (χ1n) is 12.0. The number of hydrogen-bond donors (Lipinski definition) is 1. The van der Waals surface area contributed by atoms with Gasteiger partial charge in [-0.1, -0.05) is 23.7 Å². The summed E-state index contributed by atoms with van der Waals surface area (Å²) >= 11 is 7.87. The Labute approximate surface area is 214 Å².